The molecule has 6 nitrogen and oxygen atoms in total. The molecule has 1 atom stereocenters. The van der Waals surface area contributed by atoms with E-state index < -0.39 is 6.04 Å². The number of hydrogen-bond acceptors (Lipinski definition) is 5. The second kappa shape index (κ2) is 10.8. The Balaban J connectivity index is 1.55. The Kier molecular flexibility index (Phi) is 8.18. The summed E-state index contributed by atoms with van der Waals surface area (Å²) in [5.74, 6) is -0.0787. The van der Waals surface area contributed by atoms with E-state index in [1.54, 1.807) is 4.90 Å². The fourth-order valence-corrected chi connectivity index (χ4v) is 4.70. The summed E-state index contributed by atoms with van der Waals surface area (Å²) in [5, 5.41) is 12.3. The normalized spacial score (nSPS) is 16.2. The number of nitrogens with one attached hydrogen (secondary N) is 1. The number of hydrogen-bond donors (Lipinski definition) is 1. The molecule has 1 fully saturated rings. The Bertz CT molecular complexity index is 842. The summed E-state index contributed by atoms with van der Waals surface area (Å²) in [4.78, 5) is 27.1. The van der Waals surface area contributed by atoms with Crippen LogP contribution < -0.4 is 5.32 Å². The van der Waals surface area contributed by atoms with Crippen molar-refractivity contribution in [3.8, 4) is 10.6 Å². The Morgan fingerprint density at radius 3 is 2.86 bits per heavy atom. The van der Waals surface area contributed by atoms with Crippen molar-refractivity contribution in [1.29, 1.82) is 0 Å². The van der Waals surface area contributed by atoms with E-state index in [4.69, 9.17) is 0 Å². The molecule has 0 spiro atoms. The van der Waals surface area contributed by atoms with Crippen molar-refractivity contribution in [3.63, 3.8) is 0 Å². The van der Waals surface area contributed by atoms with Crippen molar-refractivity contribution in [2.45, 2.75) is 64.3 Å². The van der Waals surface area contributed by atoms with Gasteiger partial charge in [-0.05, 0) is 31.4 Å². The summed E-state index contributed by atoms with van der Waals surface area (Å²) in [5.41, 5.74) is 0.943. The van der Waals surface area contributed by atoms with Crippen LogP contribution in [0.4, 0.5) is 5.13 Å². The molecule has 1 aromatic heterocycles. The molecule has 0 bridgehead atoms. The van der Waals surface area contributed by atoms with Gasteiger partial charge in [0, 0.05) is 23.0 Å². The number of amides is 2. The quantitative estimate of drug-likeness (QED) is 0.498. The second-order valence-electron chi connectivity index (χ2n) is 7.32. The van der Waals surface area contributed by atoms with Crippen LogP contribution in [0.1, 0.15) is 58.3 Å². The van der Waals surface area contributed by atoms with E-state index in [1.165, 1.54) is 30.6 Å². The van der Waals surface area contributed by atoms with Crippen LogP contribution in [-0.4, -0.2) is 39.5 Å². The average Bonchev–Trinajstić information content (AvgIpc) is 3.37. The number of likely N-dealkylation sites (tertiary alicyclic amines) is 1. The van der Waals surface area contributed by atoms with Gasteiger partial charge in [0.1, 0.15) is 11.0 Å². The van der Waals surface area contributed by atoms with E-state index in [0.29, 0.717) is 24.5 Å². The van der Waals surface area contributed by atoms with Crippen LogP contribution in [0.3, 0.4) is 0 Å². The largest absolute Gasteiger partial charge is 0.331 e. The molecule has 1 unspecified atom stereocenters. The highest BCUT2D eigenvalue weighted by Gasteiger charge is 2.34. The molecule has 8 heteroatoms. The SMILES string of the molecule is CCCCCCCC(=O)N1CCCC1C(=O)Nc1nnc(-c2cccc(Br)c2)s1. The Morgan fingerprint density at radius 2 is 2.07 bits per heavy atom. The maximum absolute atomic E-state index is 12.8. The lowest BCUT2D eigenvalue weighted by Crippen LogP contribution is -2.43. The van der Waals surface area contributed by atoms with Gasteiger partial charge in [-0.25, -0.2) is 0 Å². The lowest BCUT2D eigenvalue weighted by Gasteiger charge is -2.23. The average molecular weight is 479 g/mol. The minimum atomic E-state index is -0.406. The van der Waals surface area contributed by atoms with Crippen LogP contribution in [0.15, 0.2) is 28.7 Å². The first-order valence-electron chi connectivity index (χ1n) is 10.3. The second-order valence-corrected chi connectivity index (χ2v) is 9.21. The number of unbranched alkanes of at least 4 members (excludes halogenated alkanes) is 4. The summed E-state index contributed by atoms with van der Waals surface area (Å²) in [6.45, 7) is 2.84. The first kappa shape index (κ1) is 21.9. The Morgan fingerprint density at radius 1 is 1.24 bits per heavy atom. The third-order valence-corrected chi connectivity index (χ3v) is 6.48. The highest BCUT2D eigenvalue weighted by atomic mass is 79.9. The third kappa shape index (κ3) is 6.09. The molecule has 29 heavy (non-hydrogen) atoms. The predicted molar refractivity (Wildman–Crippen MR) is 120 cm³/mol. The number of aromatic nitrogens is 2. The summed E-state index contributed by atoms with van der Waals surface area (Å²) in [6, 6.07) is 7.39. The minimum Gasteiger partial charge on any atom is -0.331 e. The molecule has 1 aromatic carbocycles. The zero-order valence-corrected chi connectivity index (χ0v) is 19.1. The molecular weight excluding hydrogens is 452 g/mol. The van der Waals surface area contributed by atoms with E-state index in [2.05, 4.69) is 38.4 Å². The zero-order chi connectivity index (χ0) is 20.6. The molecule has 0 saturated carbocycles. The van der Waals surface area contributed by atoms with Gasteiger partial charge >= 0.3 is 0 Å². The lowest BCUT2D eigenvalue weighted by atomic mass is 10.1. The number of carbonyl (C=O) groups is 2. The molecule has 1 aliphatic heterocycles. The van der Waals surface area contributed by atoms with Gasteiger partial charge in [0.2, 0.25) is 16.9 Å². The van der Waals surface area contributed by atoms with Crippen molar-refractivity contribution in [1.82, 2.24) is 15.1 Å². The number of nitrogens with zero attached hydrogens (tertiary/aromatic N) is 3. The molecule has 1 saturated heterocycles. The predicted octanol–water partition coefficient (Wildman–Crippen LogP) is 5.26. The van der Waals surface area contributed by atoms with Crippen LogP contribution in [0.25, 0.3) is 10.6 Å². The fraction of sp³-hybridized carbons (Fsp3) is 0.524. The van der Waals surface area contributed by atoms with E-state index in [-0.39, 0.29) is 11.8 Å². The van der Waals surface area contributed by atoms with Crippen LogP contribution in [-0.2, 0) is 9.59 Å². The van der Waals surface area contributed by atoms with Crippen LogP contribution in [0.5, 0.6) is 0 Å². The Hall–Kier alpha value is -1.80. The van der Waals surface area contributed by atoms with E-state index in [0.717, 1.165) is 34.3 Å². The number of anilines is 1. The molecule has 156 valence electrons. The number of rotatable bonds is 9. The minimum absolute atomic E-state index is 0.0891. The topological polar surface area (TPSA) is 75.2 Å². The summed E-state index contributed by atoms with van der Waals surface area (Å²) in [7, 11) is 0. The fourth-order valence-electron chi connectivity index (χ4n) is 3.56. The molecule has 0 aliphatic carbocycles. The van der Waals surface area contributed by atoms with Crippen LogP contribution >= 0.6 is 27.3 Å². The molecule has 2 amide bonds. The molecular formula is C21H27BrN4O2S. The molecule has 1 N–H and O–H groups in total. The number of benzene rings is 1. The number of carbonyl (C=O) groups excluding carboxylic acids is 2. The molecule has 2 heterocycles. The molecule has 3 rings (SSSR count). The maximum Gasteiger partial charge on any atom is 0.249 e. The van der Waals surface area contributed by atoms with Gasteiger partial charge in [-0.15, -0.1) is 10.2 Å². The van der Waals surface area contributed by atoms with Crippen LogP contribution in [0.2, 0.25) is 0 Å². The van der Waals surface area contributed by atoms with Crippen molar-refractivity contribution in [3.05, 3.63) is 28.7 Å². The first-order chi connectivity index (χ1) is 14.1. The molecule has 1 aliphatic rings. The Labute approximate surface area is 184 Å². The van der Waals surface area contributed by atoms with Crippen molar-refractivity contribution in [2.24, 2.45) is 0 Å². The van der Waals surface area contributed by atoms with E-state index in [9.17, 15) is 9.59 Å². The van der Waals surface area contributed by atoms with Crippen molar-refractivity contribution in [2.75, 3.05) is 11.9 Å². The standard InChI is InChI=1S/C21H27BrN4O2S/c1-2-3-4-5-6-12-18(27)26-13-8-11-17(26)19(28)23-21-25-24-20(29-21)15-9-7-10-16(22)14-15/h7,9-10,14,17H,2-6,8,11-13H2,1H3,(H,23,25,28). The maximum atomic E-state index is 12.8. The number of halogens is 1. The van der Waals surface area contributed by atoms with Gasteiger partial charge in [-0.2, -0.15) is 0 Å². The van der Waals surface area contributed by atoms with Crippen molar-refractivity contribution < 1.29 is 9.59 Å². The van der Waals surface area contributed by atoms with E-state index in [1.807, 2.05) is 24.3 Å². The lowest BCUT2D eigenvalue weighted by molar-refractivity contribution is -0.136. The van der Waals surface area contributed by atoms with Gasteiger partial charge in [-0.1, -0.05) is 72.0 Å². The van der Waals surface area contributed by atoms with Gasteiger partial charge < -0.3 is 4.90 Å². The first-order valence-corrected chi connectivity index (χ1v) is 11.9. The van der Waals surface area contributed by atoms with Crippen molar-refractivity contribution >= 4 is 44.2 Å². The van der Waals surface area contributed by atoms with Gasteiger partial charge in [-0.3, -0.25) is 14.9 Å². The summed E-state index contributed by atoms with van der Waals surface area (Å²) >= 11 is 4.79. The smallest absolute Gasteiger partial charge is 0.249 e. The van der Waals surface area contributed by atoms with Gasteiger partial charge in [0.15, 0.2) is 0 Å². The van der Waals surface area contributed by atoms with E-state index >= 15 is 0 Å². The third-order valence-electron chi connectivity index (χ3n) is 5.10. The van der Waals surface area contributed by atoms with Gasteiger partial charge in [0.25, 0.3) is 0 Å². The highest BCUT2D eigenvalue weighted by Crippen LogP contribution is 2.29. The van der Waals surface area contributed by atoms with Crippen LogP contribution in [0, 0.1) is 0 Å². The summed E-state index contributed by atoms with van der Waals surface area (Å²) < 4.78 is 0.964. The highest BCUT2D eigenvalue weighted by molar-refractivity contribution is 9.10. The van der Waals surface area contributed by atoms with Gasteiger partial charge in [0.05, 0.1) is 0 Å². The summed E-state index contributed by atoms with van der Waals surface area (Å²) in [6.07, 6.45) is 7.64. The molecule has 2 aromatic rings. The monoisotopic (exact) mass is 478 g/mol. The molecule has 0 radical (unpaired) electrons. The zero-order valence-electron chi connectivity index (χ0n) is 16.7.